The van der Waals surface area contributed by atoms with Gasteiger partial charge >= 0.3 is 0 Å². The summed E-state index contributed by atoms with van der Waals surface area (Å²) in [6.45, 7) is 2.28. The fourth-order valence-electron chi connectivity index (χ4n) is 2.85. The zero-order valence-corrected chi connectivity index (χ0v) is 14.4. The van der Waals surface area contributed by atoms with Crippen LogP contribution >= 0.6 is 0 Å². The number of amides is 1. The van der Waals surface area contributed by atoms with Crippen LogP contribution in [0.1, 0.15) is 18.4 Å². The Morgan fingerprint density at radius 1 is 1.22 bits per heavy atom. The normalized spacial score (nSPS) is 17.0. The first-order valence-electron chi connectivity index (χ1n) is 7.34. The summed E-state index contributed by atoms with van der Waals surface area (Å²) in [4.78, 5) is 11.3. The molecule has 23 heavy (non-hydrogen) atoms. The van der Waals surface area contributed by atoms with E-state index >= 15 is 0 Å². The third kappa shape index (κ3) is 3.28. The van der Waals surface area contributed by atoms with Gasteiger partial charge in [-0.25, -0.2) is 8.42 Å². The van der Waals surface area contributed by atoms with E-state index in [9.17, 15) is 13.2 Å². The third-order valence-electron chi connectivity index (χ3n) is 4.22. The zero-order valence-electron chi connectivity index (χ0n) is 13.5. The molecule has 0 saturated carbocycles. The van der Waals surface area contributed by atoms with Gasteiger partial charge in [-0.15, -0.1) is 0 Å². The molecule has 0 unspecified atom stereocenters. The van der Waals surface area contributed by atoms with Crippen molar-refractivity contribution in [2.24, 2.45) is 11.7 Å². The lowest BCUT2D eigenvalue weighted by atomic mass is 9.98. The molecule has 1 aliphatic rings. The fraction of sp³-hybridized carbons (Fsp3) is 0.533. The van der Waals surface area contributed by atoms with Crippen molar-refractivity contribution in [2.75, 3.05) is 27.3 Å². The molecule has 1 fully saturated rings. The lowest BCUT2D eigenvalue weighted by Gasteiger charge is -2.30. The number of benzene rings is 1. The average molecular weight is 342 g/mol. The summed E-state index contributed by atoms with van der Waals surface area (Å²) >= 11 is 0. The lowest BCUT2D eigenvalue weighted by molar-refractivity contribution is -0.122. The number of hydrogen-bond acceptors (Lipinski definition) is 5. The van der Waals surface area contributed by atoms with Crippen LogP contribution < -0.4 is 15.2 Å². The van der Waals surface area contributed by atoms with Crippen LogP contribution in [0.5, 0.6) is 11.5 Å². The van der Waals surface area contributed by atoms with Crippen LogP contribution in [0.3, 0.4) is 0 Å². The third-order valence-corrected chi connectivity index (χ3v) is 6.14. The minimum atomic E-state index is -3.70. The topological polar surface area (TPSA) is 98.9 Å². The van der Waals surface area contributed by atoms with Gasteiger partial charge in [-0.1, -0.05) is 0 Å². The highest BCUT2D eigenvalue weighted by atomic mass is 32.2. The smallest absolute Gasteiger partial charge is 0.246 e. The van der Waals surface area contributed by atoms with Gasteiger partial charge in [0.25, 0.3) is 0 Å². The van der Waals surface area contributed by atoms with Crippen molar-refractivity contribution in [1.82, 2.24) is 4.31 Å². The van der Waals surface area contributed by atoms with Crippen molar-refractivity contribution in [3.63, 3.8) is 0 Å². The number of methoxy groups -OCH3 is 2. The fourth-order valence-corrected chi connectivity index (χ4v) is 4.53. The van der Waals surface area contributed by atoms with Crippen molar-refractivity contribution in [2.45, 2.75) is 24.7 Å². The van der Waals surface area contributed by atoms with Crippen LogP contribution in [-0.4, -0.2) is 45.9 Å². The van der Waals surface area contributed by atoms with Gasteiger partial charge in [0.2, 0.25) is 15.9 Å². The standard InChI is InChI=1S/C15H22N2O5S/c1-10-12(21-2)4-5-13(14(10)22-3)23(19,20)17-8-6-11(7-9-17)15(16)18/h4-5,11H,6-9H2,1-3H3,(H2,16,18). The van der Waals surface area contributed by atoms with Crippen LogP contribution in [0, 0.1) is 12.8 Å². The molecule has 0 aromatic heterocycles. The summed E-state index contributed by atoms with van der Waals surface area (Å²) in [5.41, 5.74) is 5.92. The Morgan fingerprint density at radius 2 is 1.83 bits per heavy atom. The average Bonchev–Trinajstić information content (AvgIpc) is 2.54. The van der Waals surface area contributed by atoms with Crippen LogP contribution in [0.4, 0.5) is 0 Å². The molecular weight excluding hydrogens is 320 g/mol. The van der Waals surface area contributed by atoms with Crippen molar-refractivity contribution in [3.05, 3.63) is 17.7 Å². The molecular formula is C15H22N2O5S. The number of piperidine rings is 1. The quantitative estimate of drug-likeness (QED) is 0.857. The van der Waals surface area contributed by atoms with E-state index in [-0.39, 0.29) is 35.6 Å². The first-order valence-corrected chi connectivity index (χ1v) is 8.78. The van der Waals surface area contributed by atoms with E-state index in [0.717, 1.165) is 0 Å². The molecule has 0 bridgehead atoms. The predicted molar refractivity (Wildman–Crippen MR) is 85.0 cm³/mol. The maximum atomic E-state index is 12.9. The van der Waals surface area contributed by atoms with E-state index in [2.05, 4.69) is 0 Å². The molecule has 2 N–H and O–H groups in total. The van der Waals surface area contributed by atoms with Crippen molar-refractivity contribution < 1.29 is 22.7 Å². The number of primary amides is 1. The second-order valence-electron chi connectivity index (χ2n) is 5.50. The summed E-state index contributed by atoms with van der Waals surface area (Å²) in [5, 5.41) is 0. The number of nitrogens with zero attached hydrogens (tertiary/aromatic N) is 1. The van der Waals surface area contributed by atoms with Crippen molar-refractivity contribution >= 4 is 15.9 Å². The second kappa shape index (κ2) is 6.76. The van der Waals surface area contributed by atoms with Gasteiger partial charge in [0.05, 0.1) is 14.2 Å². The predicted octanol–water partition coefficient (Wildman–Crippen LogP) is 0.898. The molecule has 1 saturated heterocycles. The molecule has 7 nitrogen and oxygen atoms in total. The van der Waals surface area contributed by atoms with Crippen molar-refractivity contribution in [1.29, 1.82) is 0 Å². The second-order valence-corrected chi connectivity index (χ2v) is 7.41. The van der Waals surface area contributed by atoms with Gasteiger partial charge < -0.3 is 15.2 Å². The summed E-state index contributed by atoms with van der Waals surface area (Å²) in [5.74, 6) is 0.204. The summed E-state index contributed by atoms with van der Waals surface area (Å²) < 4.78 is 37.6. The maximum Gasteiger partial charge on any atom is 0.246 e. The van der Waals surface area contributed by atoms with Crippen LogP contribution in [0.2, 0.25) is 0 Å². The Morgan fingerprint density at radius 3 is 2.30 bits per heavy atom. The minimum absolute atomic E-state index is 0.107. The molecule has 1 amide bonds. The molecule has 0 aliphatic carbocycles. The number of ether oxygens (including phenoxy) is 2. The number of sulfonamides is 1. The molecule has 1 aromatic carbocycles. The number of carbonyl (C=O) groups excluding carboxylic acids is 1. The Kier molecular flexibility index (Phi) is 5.16. The monoisotopic (exact) mass is 342 g/mol. The van der Waals surface area contributed by atoms with E-state index in [4.69, 9.17) is 15.2 Å². The SMILES string of the molecule is COc1ccc(S(=O)(=O)N2CCC(C(N)=O)CC2)c(OC)c1C. The number of rotatable bonds is 5. The number of nitrogens with two attached hydrogens (primary N) is 1. The van der Waals surface area contributed by atoms with Gasteiger partial charge in [0, 0.05) is 24.6 Å². The van der Waals surface area contributed by atoms with Gasteiger partial charge in [0.1, 0.15) is 16.4 Å². The van der Waals surface area contributed by atoms with Crippen LogP contribution in [0.15, 0.2) is 17.0 Å². The Balaban J connectivity index is 2.34. The highest BCUT2D eigenvalue weighted by molar-refractivity contribution is 7.89. The van der Waals surface area contributed by atoms with Gasteiger partial charge in [-0.05, 0) is 31.9 Å². The van der Waals surface area contributed by atoms with E-state index in [1.165, 1.54) is 24.6 Å². The zero-order chi connectivity index (χ0) is 17.2. The van der Waals surface area contributed by atoms with Crippen LogP contribution in [-0.2, 0) is 14.8 Å². The minimum Gasteiger partial charge on any atom is -0.496 e. The lowest BCUT2D eigenvalue weighted by Crippen LogP contribution is -2.41. The van der Waals surface area contributed by atoms with Gasteiger partial charge in [-0.2, -0.15) is 4.31 Å². The molecule has 1 aromatic rings. The molecule has 0 radical (unpaired) electrons. The van der Waals surface area contributed by atoms with Gasteiger partial charge in [0.15, 0.2) is 0 Å². The largest absolute Gasteiger partial charge is 0.496 e. The van der Waals surface area contributed by atoms with Gasteiger partial charge in [-0.3, -0.25) is 4.79 Å². The van der Waals surface area contributed by atoms with E-state index < -0.39 is 10.0 Å². The Labute approximate surface area is 136 Å². The summed E-state index contributed by atoms with van der Waals surface area (Å²) in [7, 11) is -0.752. The highest BCUT2D eigenvalue weighted by Crippen LogP contribution is 2.36. The van der Waals surface area contributed by atoms with E-state index in [0.29, 0.717) is 24.2 Å². The maximum absolute atomic E-state index is 12.9. The molecule has 0 atom stereocenters. The van der Waals surface area contributed by atoms with E-state index in [1.54, 1.807) is 13.0 Å². The highest BCUT2D eigenvalue weighted by Gasteiger charge is 2.33. The first-order chi connectivity index (χ1) is 10.8. The summed E-state index contributed by atoms with van der Waals surface area (Å²) in [6.07, 6.45) is 0.873. The molecule has 1 aliphatic heterocycles. The van der Waals surface area contributed by atoms with Crippen LogP contribution in [0.25, 0.3) is 0 Å². The summed E-state index contributed by atoms with van der Waals surface area (Å²) in [6, 6.07) is 3.10. The molecule has 8 heteroatoms. The Hall–Kier alpha value is -1.80. The number of carbonyl (C=O) groups is 1. The number of hydrogen-bond donors (Lipinski definition) is 1. The Bertz CT molecular complexity index is 694. The van der Waals surface area contributed by atoms with Crippen molar-refractivity contribution in [3.8, 4) is 11.5 Å². The van der Waals surface area contributed by atoms with E-state index in [1.807, 2.05) is 0 Å². The molecule has 128 valence electrons. The molecule has 0 spiro atoms. The first kappa shape index (κ1) is 17.6. The molecule has 1 heterocycles. The molecule has 2 rings (SSSR count).